The van der Waals surface area contributed by atoms with Crippen molar-refractivity contribution in [1.29, 1.82) is 0 Å². The van der Waals surface area contributed by atoms with E-state index in [2.05, 4.69) is 20.6 Å². The Balaban J connectivity index is 2.18. The van der Waals surface area contributed by atoms with Crippen LogP contribution in [-0.4, -0.2) is 39.0 Å². The van der Waals surface area contributed by atoms with Gasteiger partial charge in [-0.25, -0.2) is 4.98 Å². The molecular weight excluding hydrogens is 266 g/mol. The van der Waals surface area contributed by atoms with E-state index in [1.165, 1.54) is 6.20 Å². The Bertz CT molecular complexity index is 451. The second-order valence-electron chi connectivity index (χ2n) is 4.27. The lowest BCUT2D eigenvalue weighted by molar-refractivity contribution is -0.384. The number of nitrogens with zero attached hydrogens (tertiary/aromatic N) is 3. The number of nitrogens with one attached hydrogen (secondary N) is 2. The molecule has 1 saturated heterocycles. The first kappa shape index (κ1) is 13.9. The van der Waals surface area contributed by atoms with Crippen molar-refractivity contribution in [2.45, 2.75) is 25.8 Å². The molecule has 0 radical (unpaired) electrons. The van der Waals surface area contributed by atoms with Gasteiger partial charge in [0.25, 0.3) is 0 Å². The van der Waals surface area contributed by atoms with Crippen molar-refractivity contribution in [3.05, 3.63) is 16.3 Å². The molecule has 104 valence electrons. The van der Waals surface area contributed by atoms with Gasteiger partial charge in [-0.3, -0.25) is 10.1 Å². The highest BCUT2D eigenvalue weighted by Crippen LogP contribution is 2.26. The van der Waals surface area contributed by atoms with Crippen molar-refractivity contribution in [2.75, 3.05) is 28.7 Å². The maximum absolute atomic E-state index is 11.0. The van der Waals surface area contributed by atoms with Crippen LogP contribution in [0.2, 0.25) is 0 Å². The van der Waals surface area contributed by atoms with Crippen LogP contribution in [0.5, 0.6) is 0 Å². The number of anilines is 2. The second kappa shape index (κ2) is 6.55. The van der Waals surface area contributed by atoms with Crippen molar-refractivity contribution in [3.63, 3.8) is 0 Å². The molecule has 19 heavy (non-hydrogen) atoms. The Labute approximate surface area is 115 Å². The van der Waals surface area contributed by atoms with Crippen LogP contribution in [0.25, 0.3) is 0 Å². The lowest BCUT2D eigenvalue weighted by Crippen LogP contribution is -2.27. The molecule has 0 amide bonds. The molecule has 2 rings (SSSR count). The summed E-state index contributed by atoms with van der Waals surface area (Å²) in [6.07, 6.45) is 3.40. The summed E-state index contributed by atoms with van der Waals surface area (Å²) in [5.41, 5.74) is -0.0720. The Morgan fingerprint density at radius 2 is 2.47 bits per heavy atom. The van der Waals surface area contributed by atoms with Crippen LogP contribution in [0, 0.1) is 10.1 Å². The van der Waals surface area contributed by atoms with Crippen molar-refractivity contribution in [1.82, 2.24) is 9.97 Å². The molecule has 8 heteroatoms. The van der Waals surface area contributed by atoms with E-state index in [1.807, 2.05) is 18.7 Å². The van der Waals surface area contributed by atoms with Crippen LogP contribution in [0.15, 0.2) is 6.20 Å². The van der Waals surface area contributed by atoms with Gasteiger partial charge in [-0.1, -0.05) is 0 Å². The van der Waals surface area contributed by atoms with E-state index < -0.39 is 4.92 Å². The lowest BCUT2D eigenvalue weighted by atomic mass is 10.2. The Kier molecular flexibility index (Phi) is 4.78. The predicted molar refractivity (Wildman–Crippen MR) is 76.8 cm³/mol. The van der Waals surface area contributed by atoms with Crippen LogP contribution in [0.4, 0.5) is 17.5 Å². The van der Waals surface area contributed by atoms with E-state index in [0.717, 1.165) is 24.3 Å². The molecule has 1 fully saturated rings. The molecule has 0 saturated carbocycles. The van der Waals surface area contributed by atoms with E-state index in [1.54, 1.807) is 0 Å². The molecule has 0 aliphatic carbocycles. The maximum Gasteiger partial charge on any atom is 0.329 e. The predicted octanol–water partition coefficient (Wildman–Crippen LogP) is 2.12. The molecule has 1 aliphatic heterocycles. The largest absolute Gasteiger partial charge is 0.361 e. The Morgan fingerprint density at radius 3 is 3.11 bits per heavy atom. The quantitative estimate of drug-likeness (QED) is 0.631. The minimum absolute atomic E-state index is 0.0720. The van der Waals surface area contributed by atoms with Crippen molar-refractivity contribution >= 4 is 29.2 Å². The SMILES string of the molecule is CCNc1ncc([N+](=O)[O-])c(NC2CCCSC2)n1. The summed E-state index contributed by atoms with van der Waals surface area (Å²) in [5, 5.41) is 17.1. The highest BCUT2D eigenvalue weighted by molar-refractivity contribution is 7.99. The fourth-order valence-corrected chi connectivity index (χ4v) is 2.98. The maximum atomic E-state index is 11.0. The zero-order chi connectivity index (χ0) is 13.7. The Hall–Kier alpha value is -1.57. The molecule has 0 bridgehead atoms. The van der Waals surface area contributed by atoms with Crippen molar-refractivity contribution in [3.8, 4) is 0 Å². The molecule has 1 aliphatic rings. The lowest BCUT2D eigenvalue weighted by Gasteiger charge is -2.22. The van der Waals surface area contributed by atoms with Crippen LogP contribution in [-0.2, 0) is 0 Å². The molecular formula is C11H17N5O2S. The van der Waals surface area contributed by atoms with Gasteiger partial charge >= 0.3 is 5.69 Å². The molecule has 7 nitrogen and oxygen atoms in total. The first-order valence-electron chi connectivity index (χ1n) is 6.30. The molecule has 0 aromatic carbocycles. The third-order valence-corrected chi connectivity index (χ3v) is 4.02. The summed E-state index contributed by atoms with van der Waals surface area (Å²) < 4.78 is 0. The van der Waals surface area contributed by atoms with Gasteiger partial charge in [-0.15, -0.1) is 0 Å². The molecule has 0 spiro atoms. The fourth-order valence-electron chi connectivity index (χ4n) is 1.91. The number of rotatable bonds is 5. The zero-order valence-electron chi connectivity index (χ0n) is 10.8. The molecule has 2 heterocycles. The zero-order valence-corrected chi connectivity index (χ0v) is 11.6. The monoisotopic (exact) mass is 283 g/mol. The van der Waals surface area contributed by atoms with Crippen molar-refractivity contribution < 1.29 is 4.92 Å². The van der Waals surface area contributed by atoms with E-state index >= 15 is 0 Å². The van der Waals surface area contributed by atoms with Crippen LogP contribution >= 0.6 is 11.8 Å². The van der Waals surface area contributed by atoms with Gasteiger partial charge in [-0.05, 0) is 25.5 Å². The summed E-state index contributed by atoms with van der Waals surface area (Å²) in [5.74, 6) is 2.84. The van der Waals surface area contributed by atoms with E-state index in [4.69, 9.17) is 0 Å². The smallest absolute Gasteiger partial charge is 0.329 e. The summed E-state index contributed by atoms with van der Waals surface area (Å²) in [6, 6.07) is 0.238. The number of aromatic nitrogens is 2. The van der Waals surface area contributed by atoms with Gasteiger partial charge < -0.3 is 10.6 Å². The second-order valence-corrected chi connectivity index (χ2v) is 5.42. The van der Waals surface area contributed by atoms with Gasteiger partial charge in [0.05, 0.1) is 4.92 Å². The molecule has 2 N–H and O–H groups in total. The average molecular weight is 283 g/mol. The van der Waals surface area contributed by atoms with Gasteiger partial charge in [0.15, 0.2) is 0 Å². The van der Waals surface area contributed by atoms with Crippen molar-refractivity contribution in [2.24, 2.45) is 0 Å². The standard InChI is InChI=1S/C11H17N5O2S/c1-2-12-11-13-6-9(16(17)18)10(15-11)14-8-4-3-5-19-7-8/h6,8H,2-5,7H2,1H3,(H2,12,13,14,15). The average Bonchev–Trinajstić information content (AvgIpc) is 2.40. The van der Waals surface area contributed by atoms with E-state index in [-0.39, 0.29) is 11.7 Å². The third-order valence-electron chi connectivity index (χ3n) is 2.80. The molecule has 1 atom stereocenters. The van der Waals surface area contributed by atoms with Crippen LogP contribution in [0.3, 0.4) is 0 Å². The number of hydrogen-bond donors (Lipinski definition) is 2. The number of nitro groups is 1. The molecule has 1 unspecified atom stereocenters. The highest BCUT2D eigenvalue weighted by atomic mass is 32.2. The first-order chi connectivity index (χ1) is 9.20. The van der Waals surface area contributed by atoms with Crippen LogP contribution in [0.1, 0.15) is 19.8 Å². The van der Waals surface area contributed by atoms with Gasteiger partial charge in [0.2, 0.25) is 11.8 Å². The van der Waals surface area contributed by atoms with Gasteiger partial charge in [0, 0.05) is 18.3 Å². The van der Waals surface area contributed by atoms with E-state index in [9.17, 15) is 10.1 Å². The molecule has 1 aromatic heterocycles. The summed E-state index contributed by atoms with van der Waals surface area (Å²) in [7, 11) is 0. The first-order valence-corrected chi connectivity index (χ1v) is 7.45. The highest BCUT2D eigenvalue weighted by Gasteiger charge is 2.21. The number of thioether (sulfide) groups is 1. The van der Waals surface area contributed by atoms with Gasteiger partial charge in [0.1, 0.15) is 6.20 Å². The topological polar surface area (TPSA) is 93.0 Å². The Morgan fingerprint density at radius 1 is 1.63 bits per heavy atom. The summed E-state index contributed by atoms with van der Waals surface area (Å²) in [4.78, 5) is 18.7. The minimum atomic E-state index is -0.450. The fraction of sp³-hybridized carbons (Fsp3) is 0.636. The minimum Gasteiger partial charge on any atom is -0.361 e. The third kappa shape index (κ3) is 3.69. The summed E-state index contributed by atoms with van der Waals surface area (Å²) in [6.45, 7) is 2.60. The van der Waals surface area contributed by atoms with Crippen LogP contribution < -0.4 is 10.6 Å². The van der Waals surface area contributed by atoms with E-state index in [0.29, 0.717) is 18.3 Å². The normalized spacial score (nSPS) is 18.9. The summed E-state index contributed by atoms with van der Waals surface area (Å²) >= 11 is 1.86. The van der Waals surface area contributed by atoms with Gasteiger partial charge in [-0.2, -0.15) is 16.7 Å². The number of hydrogen-bond acceptors (Lipinski definition) is 7. The molecule has 1 aromatic rings.